The summed E-state index contributed by atoms with van der Waals surface area (Å²) in [7, 11) is 1.53. The van der Waals surface area contributed by atoms with E-state index in [4.69, 9.17) is 4.74 Å². The van der Waals surface area contributed by atoms with Crippen LogP contribution < -0.4 is 10.1 Å². The van der Waals surface area contributed by atoms with Crippen LogP contribution >= 0.6 is 0 Å². The number of nitrogens with zero attached hydrogens (tertiary/aromatic N) is 1. The van der Waals surface area contributed by atoms with Crippen LogP contribution in [0.5, 0.6) is 5.75 Å². The van der Waals surface area contributed by atoms with Gasteiger partial charge in [0, 0.05) is 0 Å². The first kappa shape index (κ1) is 15.8. The molecule has 0 spiro atoms. The molecule has 118 valence electrons. The zero-order valence-electron chi connectivity index (χ0n) is 12.6. The Labute approximate surface area is 127 Å². The predicted octanol–water partition coefficient (Wildman–Crippen LogP) is 1.33. The van der Waals surface area contributed by atoms with Gasteiger partial charge in [-0.25, -0.2) is 14.5 Å². The van der Waals surface area contributed by atoms with Crippen molar-refractivity contribution in [1.82, 2.24) is 10.2 Å². The molecule has 2 atom stereocenters. The number of methoxy groups -OCH3 is 1. The summed E-state index contributed by atoms with van der Waals surface area (Å²) in [5, 5.41) is 11.8. The van der Waals surface area contributed by atoms with E-state index in [1.54, 1.807) is 38.1 Å². The Morgan fingerprint density at radius 3 is 2.41 bits per heavy atom. The highest BCUT2D eigenvalue weighted by atomic mass is 16.5. The summed E-state index contributed by atoms with van der Waals surface area (Å²) in [5.41, 5.74) is -0.721. The van der Waals surface area contributed by atoms with Gasteiger partial charge in [0.15, 0.2) is 0 Å². The molecule has 2 unspecified atom stereocenters. The van der Waals surface area contributed by atoms with E-state index in [2.05, 4.69) is 5.32 Å². The number of hydrogen-bond donors (Lipinski definition) is 2. The molecule has 1 aliphatic rings. The molecule has 1 heterocycles. The van der Waals surface area contributed by atoms with Crippen molar-refractivity contribution in [3.05, 3.63) is 29.8 Å². The quantitative estimate of drug-likeness (QED) is 0.800. The van der Waals surface area contributed by atoms with Gasteiger partial charge in [-0.1, -0.05) is 19.1 Å². The Morgan fingerprint density at radius 1 is 1.36 bits per heavy atom. The number of rotatable bonds is 5. The molecule has 7 heteroatoms. The van der Waals surface area contributed by atoms with Gasteiger partial charge in [-0.05, 0) is 31.0 Å². The van der Waals surface area contributed by atoms with E-state index in [9.17, 15) is 19.5 Å². The Balaban J connectivity index is 2.38. The molecule has 22 heavy (non-hydrogen) atoms. The molecule has 1 aliphatic heterocycles. The number of benzene rings is 1. The molecule has 7 nitrogen and oxygen atoms in total. The van der Waals surface area contributed by atoms with Crippen molar-refractivity contribution in [2.24, 2.45) is 0 Å². The summed E-state index contributed by atoms with van der Waals surface area (Å²) < 4.78 is 5.06. The normalized spacial score (nSPS) is 22.4. The second-order valence-electron chi connectivity index (χ2n) is 5.22. The van der Waals surface area contributed by atoms with Crippen LogP contribution in [0.25, 0.3) is 0 Å². The number of imide groups is 1. The smallest absolute Gasteiger partial charge is 0.326 e. The minimum absolute atomic E-state index is 0.146. The molecule has 0 radical (unpaired) electrons. The summed E-state index contributed by atoms with van der Waals surface area (Å²) in [6.45, 7) is 3.17. The van der Waals surface area contributed by atoms with Crippen LogP contribution in [-0.2, 0) is 15.1 Å². The van der Waals surface area contributed by atoms with Gasteiger partial charge >= 0.3 is 12.0 Å². The Bertz CT molecular complexity index is 613. The molecule has 0 aliphatic carbocycles. The van der Waals surface area contributed by atoms with Gasteiger partial charge in [0.05, 0.1) is 7.11 Å². The van der Waals surface area contributed by atoms with Gasteiger partial charge in [-0.2, -0.15) is 0 Å². The molecule has 0 saturated carbocycles. The summed E-state index contributed by atoms with van der Waals surface area (Å²) in [4.78, 5) is 36.8. The van der Waals surface area contributed by atoms with Crippen molar-refractivity contribution in [2.45, 2.75) is 31.8 Å². The SMILES string of the molecule is CCC(C(=O)O)N1C(=O)NC(C)(c2ccc(OC)cc2)C1=O. The van der Waals surface area contributed by atoms with Gasteiger partial charge in [0.2, 0.25) is 0 Å². The molecule has 1 fully saturated rings. The lowest BCUT2D eigenvalue weighted by atomic mass is 9.91. The first-order valence-electron chi connectivity index (χ1n) is 6.88. The average Bonchev–Trinajstić information content (AvgIpc) is 2.72. The van der Waals surface area contributed by atoms with E-state index in [0.29, 0.717) is 11.3 Å². The molecule has 3 amide bonds. The molecule has 2 N–H and O–H groups in total. The number of carboxylic acid groups (broad SMARTS) is 1. The zero-order chi connectivity index (χ0) is 16.5. The van der Waals surface area contributed by atoms with Gasteiger partial charge < -0.3 is 15.2 Å². The van der Waals surface area contributed by atoms with Crippen molar-refractivity contribution in [3.63, 3.8) is 0 Å². The number of hydrogen-bond acceptors (Lipinski definition) is 4. The Morgan fingerprint density at radius 2 is 1.95 bits per heavy atom. The second-order valence-corrected chi connectivity index (χ2v) is 5.22. The van der Waals surface area contributed by atoms with E-state index in [-0.39, 0.29) is 6.42 Å². The molecule has 2 rings (SSSR count). The summed E-state index contributed by atoms with van der Waals surface area (Å²) in [6, 6.07) is 4.82. The zero-order valence-corrected chi connectivity index (χ0v) is 12.6. The van der Waals surface area contributed by atoms with Crippen molar-refractivity contribution >= 4 is 17.9 Å². The number of aliphatic carboxylic acids is 1. The summed E-state index contributed by atoms with van der Waals surface area (Å²) >= 11 is 0. The van der Waals surface area contributed by atoms with Gasteiger partial charge in [0.25, 0.3) is 5.91 Å². The van der Waals surface area contributed by atoms with Crippen molar-refractivity contribution in [1.29, 1.82) is 0 Å². The van der Waals surface area contributed by atoms with Crippen LogP contribution in [0.15, 0.2) is 24.3 Å². The molecular formula is C15H18N2O5. The third kappa shape index (κ3) is 2.38. The number of carbonyl (C=O) groups is 3. The van der Waals surface area contributed by atoms with E-state index in [1.165, 1.54) is 7.11 Å². The third-order valence-corrected chi connectivity index (χ3v) is 3.87. The fourth-order valence-corrected chi connectivity index (χ4v) is 2.53. The largest absolute Gasteiger partial charge is 0.497 e. The highest BCUT2D eigenvalue weighted by Gasteiger charge is 2.52. The maximum atomic E-state index is 12.6. The first-order chi connectivity index (χ1) is 10.3. The first-order valence-corrected chi connectivity index (χ1v) is 6.88. The number of amides is 3. The van der Waals surface area contributed by atoms with Gasteiger partial charge in [0.1, 0.15) is 17.3 Å². The standard InChI is InChI=1S/C15H18N2O5/c1-4-11(12(18)19)17-13(20)15(2,16-14(17)21)9-5-7-10(22-3)8-6-9/h5-8,11H,4H2,1-3H3,(H,16,21)(H,18,19). The van der Waals surface area contributed by atoms with Crippen LogP contribution in [0.2, 0.25) is 0 Å². The van der Waals surface area contributed by atoms with Crippen molar-refractivity contribution < 1.29 is 24.2 Å². The van der Waals surface area contributed by atoms with Crippen molar-refractivity contribution in [2.75, 3.05) is 7.11 Å². The second kappa shape index (κ2) is 5.67. The Kier molecular flexibility index (Phi) is 4.07. The molecule has 0 aromatic heterocycles. The molecular weight excluding hydrogens is 288 g/mol. The van der Waals surface area contributed by atoms with Crippen LogP contribution in [0.1, 0.15) is 25.8 Å². The van der Waals surface area contributed by atoms with Crippen LogP contribution in [0, 0.1) is 0 Å². The fourth-order valence-electron chi connectivity index (χ4n) is 2.53. The van der Waals surface area contributed by atoms with Crippen LogP contribution in [-0.4, -0.2) is 41.1 Å². The third-order valence-electron chi connectivity index (χ3n) is 3.87. The molecule has 1 aromatic carbocycles. The number of carboxylic acids is 1. The lowest BCUT2D eigenvalue weighted by molar-refractivity contribution is -0.147. The lowest BCUT2D eigenvalue weighted by Crippen LogP contribution is -2.46. The molecule has 0 bridgehead atoms. The predicted molar refractivity (Wildman–Crippen MR) is 77.4 cm³/mol. The van der Waals surface area contributed by atoms with Crippen LogP contribution in [0.3, 0.4) is 0 Å². The molecule has 1 aromatic rings. The number of urea groups is 1. The minimum atomic E-state index is -1.29. The van der Waals surface area contributed by atoms with E-state index in [1.807, 2.05) is 0 Å². The van der Waals surface area contributed by atoms with Gasteiger partial charge in [-0.15, -0.1) is 0 Å². The topological polar surface area (TPSA) is 95.9 Å². The van der Waals surface area contributed by atoms with Crippen molar-refractivity contribution in [3.8, 4) is 5.75 Å². The maximum absolute atomic E-state index is 12.6. The Hall–Kier alpha value is -2.57. The highest BCUT2D eigenvalue weighted by Crippen LogP contribution is 2.31. The summed E-state index contributed by atoms with van der Waals surface area (Å²) in [6.07, 6.45) is 0.146. The van der Waals surface area contributed by atoms with E-state index in [0.717, 1.165) is 4.90 Å². The van der Waals surface area contributed by atoms with Gasteiger partial charge in [-0.3, -0.25) is 4.79 Å². The number of carbonyl (C=O) groups excluding carboxylic acids is 2. The fraction of sp³-hybridized carbons (Fsp3) is 0.400. The lowest BCUT2D eigenvalue weighted by Gasteiger charge is -2.24. The minimum Gasteiger partial charge on any atom is -0.497 e. The monoisotopic (exact) mass is 306 g/mol. The summed E-state index contributed by atoms with van der Waals surface area (Å²) in [5.74, 6) is -1.15. The van der Waals surface area contributed by atoms with E-state index >= 15 is 0 Å². The highest BCUT2D eigenvalue weighted by molar-refractivity contribution is 6.09. The maximum Gasteiger partial charge on any atom is 0.326 e. The van der Waals surface area contributed by atoms with E-state index < -0.39 is 29.5 Å². The number of ether oxygens (including phenoxy) is 1. The number of nitrogens with one attached hydrogen (secondary N) is 1. The average molecular weight is 306 g/mol. The molecule has 1 saturated heterocycles. The van der Waals surface area contributed by atoms with Crippen LogP contribution in [0.4, 0.5) is 4.79 Å².